The number of hydrogen-bond donors (Lipinski definition) is 3. The van der Waals surface area contributed by atoms with E-state index >= 15 is 0 Å². The third-order valence-electron chi connectivity index (χ3n) is 16.9. The maximum Gasteiger partial charge on any atom is 0.472 e. The van der Waals surface area contributed by atoms with E-state index in [1.165, 1.54) is 186 Å². The van der Waals surface area contributed by atoms with Crippen LogP contribution in [0.4, 0.5) is 0 Å². The van der Waals surface area contributed by atoms with E-state index in [4.69, 9.17) is 37.0 Å². The lowest BCUT2D eigenvalue weighted by Crippen LogP contribution is -2.30. The van der Waals surface area contributed by atoms with Crippen LogP contribution in [0.2, 0.25) is 0 Å². The van der Waals surface area contributed by atoms with Gasteiger partial charge in [0.15, 0.2) is 12.2 Å². The van der Waals surface area contributed by atoms with Crippen LogP contribution in [0.15, 0.2) is 0 Å². The van der Waals surface area contributed by atoms with Gasteiger partial charge in [0.25, 0.3) is 0 Å². The number of phosphoric acid groups is 2. The Balaban J connectivity index is 5.16. The highest BCUT2D eigenvalue weighted by Crippen LogP contribution is 2.45. The van der Waals surface area contributed by atoms with Gasteiger partial charge in [-0.05, 0) is 31.6 Å². The molecule has 0 aliphatic rings. The molecule has 0 aromatic heterocycles. The molecule has 17 nitrogen and oxygen atoms in total. The summed E-state index contributed by atoms with van der Waals surface area (Å²) in [6, 6.07) is 0. The summed E-state index contributed by atoms with van der Waals surface area (Å²) < 4.78 is 68.1. The maximum atomic E-state index is 13.0. The van der Waals surface area contributed by atoms with E-state index in [1.54, 1.807) is 0 Å². The standard InChI is InChI=1S/C71H138O17P2/c1-6-10-13-16-18-20-22-24-26-28-30-32-37-41-46-51-56-71(76)88-67(61-82-69(74)55-50-45-40-36-31-29-27-25-23-21-19-17-14-11-7-2)63-86-90(79,80)84-59-65(72)58-83-89(77,78)85-62-66(60-81-68(73)54-49-43-15-12-8-3)87-70(75)57-52-47-42-38-34-33-35-39-44-48-53-64(5)9-4/h64-67,72H,6-63H2,1-5H3,(H,77,78)(H,79,80)/t64?,65-,66+,67+/m0/s1. The van der Waals surface area contributed by atoms with Crippen LogP contribution in [-0.2, 0) is 65.4 Å². The highest BCUT2D eigenvalue weighted by Gasteiger charge is 2.30. The first-order valence-corrected chi connectivity index (χ1v) is 40.2. The molecule has 0 aromatic rings. The Labute approximate surface area is 549 Å². The average molecular weight is 1330 g/mol. The lowest BCUT2D eigenvalue weighted by molar-refractivity contribution is -0.161. The fraction of sp³-hybridized carbons (Fsp3) is 0.944. The Morgan fingerprint density at radius 1 is 0.311 bits per heavy atom. The van der Waals surface area contributed by atoms with Gasteiger partial charge in [-0.1, -0.05) is 317 Å². The van der Waals surface area contributed by atoms with Crippen LogP contribution in [0.5, 0.6) is 0 Å². The molecule has 0 aromatic carbocycles. The number of unbranched alkanes of at least 4 members (excludes halogenated alkanes) is 42. The number of carbonyl (C=O) groups is 4. The van der Waals surface area contributed by atoms with E-state index in [0.717, 1.165) is 102 Å². The van der Waals surface area contributed by atoms with Gasteiger partial charge in [0, 0.05) is 25.7 Å². The third-order valence-corrected chi connectivity index (χ3v) is 18.8. The molecule has 0 rings (SSSR count). The van der Waals surface area contributed by atoms with Gasteiger partial charge in [0.05, 0.1) is 26.4 Å². The van der Waals surface area contributed by atoms with Crippen molar-refractivity contribution >= 4 is 39.5 Å². The SMILES string of the molecule is CCCCCCCCCCCCCCCCCCC(=O)O[C@H](COC(=O)CCCCCCCCCCCCCCCCC)COP(=O)(O)OC[C@@H](O)COP(=O)(O)OC[C@@H](COC(=O)CCCCCCC)OC(=O)CCCCCCCCCCCCC(C)CC. The number of hydrogen-bond acceptors (Lipinski definition) is 15. The molecule has 0 saturated carbocycles. The van der Waals surface area contributed by atoms with Gasteiger partial charge < -0.3 is 33.8 Å². The van der Waals surface area contributed by atoms with Gasteiger partial charge in [0.2, 0.25) is 0 Å². The maximum absolute atomic E-state index is 13.0. The largest absolute Gasteiger partial charge is 0.472 e. The smallest absolute Gasteiger partial charge is 0.462 e. The van der Waals surface area contributed by atoms with Crippen LogP contribution >= 0.6 is 15.6 Å². The molecule has 0 aliphatic heterocycles. The summed E-state index contributed by atoms with van der Waals surface area (Å²) in [7, 11) is -9.89. The molecule has 6 atom stereocenters. The third kappa shape index (κ3) is 63.5. The van der Waals surface area contributed by atoms with Gasteiger partial charge in [-0.25, -0.2) is 9.13 Å². The Kier molecular flexibility index (Phi) is 63.0. The molecule has 0 fully saturated rings. The summed E-state index contributed by atoms with van der Waals surface area (Å²) in [6.07, 6.45) is 51.6. The molecule has 19 heteroatoms. The Morgan fingerprint density at radius 3 is 0.789 bits per heavy atom. The molecule has 534 valence electrons. The molecule has 90 heavy (non-hydrogen) atoms. The number of carbonyl (C=O) groups excluding carboxylic acids is 4. The van der Waals surface area contributed by atoms with Gasteiger partial charge >= 0.3 is 39.5 Å². The minimum Gasteiger partial charge on any atom is -0.462 e. The lowest BCUT2D eigenvalue weighted by atomic mass is 9.99. The van der Waals surface area contributed by atoms with Gasteiger partial charge in [-0.15, -0.1) is 0 Å². The van der Waals surface area contributed by atoms with Crippen LogP contribution in [0.1, 0.15) is 369 Å². The second kappa shape index (κ2) is 64.4. The Morgan fingerprint density at radius 2 is 0.533 bits per heavy atom. The molecule has 0 bridgehead atoms. The fourth-order valence-electron chi connectivity index (χ4n) is 10.8. The topological polar surface area (TPSA) is 237 Å². The van der Waals surface area contributed by atoms with Crippen molar-refractivity contribution in [3.63, 3.8) is 0 Å². The Bertz CT molecular complexity index is 1740. The zero-order valence-electron chi connectivity index (χ0n) is 58.3. The van der Waals surface area contributed by atoms with Crippen molar-refractivity contribution in [3.8, 4) is 0 Å². The van der Waals surface area contributed by atoms with E-state index in [0.29, 0.717) is 25.7 Å². The zero-order valence-corrected chi connectivity index (χ0v) is 60.1. The van der Waals surface area contributed by atoms with E-state index < -0.39 is 97.5 Å². The highest BCUT2D eigenvalue weighted by molar-refractivity contribution is 7.47. The minimum atomic E-state index is -4.95. The number of aliphatic hydroxyl groups is 1. The first kappa shape index (κ1) is 88.1. The quantitative estimate of drug-likeness (QED) is 0.0222. The highest BCUT2D eigenvalue weighted by atomic mass is 31.2. The van der Waals surface area contributed by atoms with Crippen molar-refractivity contribution in [2.24, 2.45) is 5.92 Å². The molecule has 0 aliphatic carbocycles. The van der Waals surface area contributed by atoms with Crippen LogP contribution in [-0.4, -0.2) is 96.7 Å². The van der Waals surface area contributed by atoms with E-state index in [2.05, 4.69) is 34.6 Å². The number of ether oxygens (including phenoxy) is 4. The molecule has 0 spiro atoms. The summed E-state index contributed by atoms with van der Waals surface area (Å²) in [4.78, 5) is 72.3. The molecular weight excluding hydrogens is 1190 g/mol. The van der Waals surface area contributed by atoms with E-state index in [-0.39, 0.29) is 25.7 Å². The number of esters is 4. The van der Waals surface area contributed by atoms with Crippen LogP contribution in [0, 0.1) is 5.92 Å². The molecule has 3 unspecified atom stereocenters. The molecule has 0 heterocycles. The summed E-state index contributed by atoms with van der Waals surface area (Å²) in [5.74, 6) is -1.33. The molecule has 0 amide bonds. The normalized spacial score (nSPS) is 14.4. The number of phosphoric ester groups is 2. The van der Waals surface area contributed by atoms with Crippen molar-refractivity contribution in [3.05, 3.63) is 0 Å². The van der Waals surface area contributed by atoms with E-state index in [9.17, 15) is 43.2 Å². The lowest BCUT2D eigenvalue weighted by Gasteiger charge is -2.21. The van der Waals surface area contributed by atoms with Crippen molar-refractivity contribution in [1.29, 1.82) is 0 Å². The predicted octanol–water partition coefficient (Wildman–Crippen LogP) is 20.5. The fourth-order valence-corrected chi connectivity index (χ4v) is 12.4. The van der Waals surface area contributed by atoms with E-state index in [1.807, 2.05) is 0 Å². The van der Waals surface area contributed by atoms with Crippen LogP contribution < -0.4 is 0 Å². The monoisotopic (exact) mass is 1320 g/mol. The van der Waals surface area contributed by atoms with Crippen molar-refractivity contribution in [2.75, 3.05) is 39.6 Å². The minimum absolute atomic E-state index is 0.106. The molecular formula is C71H138O17P2. The number of aliphatic hydroxyl groups excluding tert-OH is 1. The second-order valence-corrected chi connectivity index (χ2v) is 28.8. The van der Waals surface area contributed by atoms with Gasteiger partial charge in [0.1, 0.15) is 19.3 Å². The molecule has 0 saturated heterocycles. The summed E-state index contributed by atoms with van der Waals surface area (Å²) in [5.41, 5.74) is 0. The van der Waals surface area contributed by atoms with Crippen molar-refractivity contribution in [1.82, 2.24) is 0 Å². The molecule has 0 radical (unpaired) electrons. The van der Waals surface area contributed by atoms with Crippen LogP contribution in [0.3, 0.4) is 0 Å². The first-order valence-electron chi connectivity index (χ1n) is 37.2. The summed E-state index contributed by atoms with van der Waals surface area (Å²) >= 11 is 0. The Hall–Kier alpha value is -1.94. The first-order chi connectivity index (χ1) is 43.6. The molecule has 3 N–H and O–H groups in total. The van der Waals surface area contributed by atoms with Crippen molar-refractivity contribution < 1.29 is 80.2 Å². The summed E-state index contributed by atoms with van der Waals surface area (Å²) in [6.45, 7) is 7.20. The average Bonchev–Trinajstić information content (AvgIpc) is 3.73. The van der Waals surface area contributed by atoms with Gasteiger partial charge in [-0.2, -0.15) is 0 Å². The van der Waals surface area contributed by atoms with Crippen molar-refractivity contribution in [2.45, 2.75) is 387 Å². The summed E-state index contributed by atoms with van der Waals surface area (Å²) in [5, 5.41) is 10.6. The second-order valence-electron chi connectivity index (χ2n) is 25.9. The van der Waals surface area contributed by atoms with Crippen LogP contribution in [0.25, 0.3) is 0 Å². The predicted molar refractivity (Wildman–Crippen MR) is 363 cm³/mol. The number of rotatable bonds is 71. The zero-order chi connectivity index (χ0) is 66.3. The van der Waals surface area contributed by atoms with Gasteiger partial charge in [-0.3, -0.25) is 37.3 Å².